The van der Waals surface area contributed by atoms with E-state index in [9.17, 15) is 4.79 Å². The Bertz CT molecular complexity index is 542. The second kappa shape index (κ2) is 6.82. The van der Waals surface area contributed by atoms with E-state index in [-0.39, 0.29) is 11.8 Å². The Labute approximate surface area is 125 Å². The van der Waals surface area contributed by atoms with Gasteiger partial charge in [0.25, 0.3) is 0 Å². The molecule has 2 rings (SSSR count). The quantitative estimate of drug-likeness (QED) is 0.908. The summed E-state index contributed by atoms with van der Waals surface area (Å²) in [5.74, 6) is 0.299. The van der Waals surface area contributed by atoms with Crippen LogP contribution in [0.4, 0.5) is 0 Å². The van der Waals surface area contributed by atoms with Crippen molar-refractivity contribution in [2.24, 2.45) is 0 Å². The number of aromatic nitrogens is 1. The van der Waals surface area contributed by atoms with Crippen LogP contribution in [0.25, 0.3) is 0 Å². The molecule has 0 fully saturated rings. The van der Waals surface area contributed by atoms with Crippen LogP contribution < -0.4 is 5.32 Å². The van der Waals surface area contributed by atoms with Gasteiger partial charge in [0.15, 0.2) is 0 Å². The molecule has 5 heteroatoms. The van der Waals surface area contributed by atoms with Crippen LogP contribution >= 0.6 is 27.3 Å². The molecule has 2 aromatic rings. The first-order valence-electron chi connectivity index (χ1n) is 6.05. The Morgan fingerprint density at radius 1 is 1.53 bits per heavy atom. The molecule has 1 aromatic carbocycles. The topological polar surface area (TPSA) is 42.0 Å². The molecule has 19 heavy (non-hydrogen) atoms. The lowest BCUT2D eigenvalue weighted by molar-refractivity contribution is -0.120. The Balaban J connectivity index is 1.82. The zero-order valence-electron chi connectivity index (χ0n) is 10.6. The number of halogens is 1. The van der Waals surface area contributed by atoms with Gasteiger partial charge in [-0.25, -0.2) is 4.98 Å². The van der Waals surface area contributed by atoms with Crippen molar-refractivity contribution in [1.82, 2.24) is 10.3 Å². The van der Waals surface area contributed by atoms with Gasteiger partial charge in [-0.3, -0.25) is 4.79 Å². The van der Waals surface area contributed by atoms with E-state index in [0.29, 0.717) is 13.0 Å². The van der Waals surface area contributed by atoms with Crippen LogP contribution in [0.15, 0.2) is 40.3 Å². The maximum atomic E-state index is 11.9. The number of amides is 1. The molecule has 0 spiro atoms. The zero-order valence-corrected chi connectivity index (χ0v) is 13.0. The molecule has 1 heterocycles. The molecule has 1 aromatic heterocycles. The molecule has 0 bridgehead atoms. The van der Waals surface area contributed by atoms with Crippen LogP contribution in [0.1, 0.15) is 23.4 Å². The van der Waals surface area contributed by atoms with Crippen molar-refractivity contribution in [1.29, 1.82) is 0 Å². The Kier molecular flexibility index (Phi) is 5.10. The van der Waals surface area contributed by atoms with Gasteiger partial charge in [0.2, 0.25) is 5.91 Å². The summed E-state index contributed by atoms with van der Waals surface area (Å²) in [6, 6.07) is 7.80. The van der Waals surface area contributed by atoms with E-state index in [0.717, 1.165) is 15.0 Å². The molecule has 1 amide bonds. The molecule has 3 nitrogen and oxygen atoms in total. The summed E-state index contributed by atoms with van der Waals surface area (Å²) in [4.78, 5) is 16.1. The van der Waals surface area contributed by atoms with E-state index in [1.54, 1.807) is 17.5 Å². The van der Waals surface area contributed by atoms with Gasteiger partial charge in [0.05, 0.1) is 11.4 Å². The maximum absolute atomic E-state index is 11.9. The number of carbonyl (C=O) groups excluding carboxylic acids is 1. The predicted octanol–water partition coefficient (Wildman–Crippen LogP) is 3.37. The molecular formula is C14H15BrN2OS. The number of carbonyl (C=O) groups is 1. The van der Waals surface area contributed by atoms with E-state index in [1.807, 2.05) is 29.6 Å². The maximum Gasteiger partial charge on any atom is 0.224 e. The van der Waals surface area contributed by atoms with E-state index in [1.165, 1.54) is 0 Å². The van der Waals surface area contributed by atoms with Gasteiger partial charge in [-0.05, 0) is 17.7 Å². The number of hydrogen-bond donors (Lipinski definition) is 1. The Morgan fingerprint density at radius 2 is 2.37 bits per heavy atom. The van der Waals surface area contributed by atoms with Crippen molar-refractivity contribution in [3.05, 3.63) is 50.9 Å². The first kappa shape index (κ1) is 14.2. The average molecular weight is 339 g/mol. The largest absolute Gasteiger partial charge is 0.355 e. The van der Waals surface area contributed by atoms with Gasteiger partial charge in [-0.2, -0.15) is 0 Å². The second-order valence-electron chi connectivity index (χ2n) is 4.38. The standard InChI is InChI=1S/C14H15BrN2OS/c1-10(14-16-5-6-19-14)9-17-13(18)8-11-3-2-4-12(15)7-11/h2-7,10H,8-9H2,1H3,(H,17,18)/t10-/m1/s1. The molecule has 0 aliphatic rings. The van der Waals surface area contributed by atoms with Gasteiger partial charge < -0.3 is 5.32 Å². The molecule has 0 saturated heterocycles. The summed E-state index contributed by atoms with van der Waals surface area (Å²) in [6.45, 7) is 2.69. The molecule has 0 unspecified atom stereocenters. The van der Waals surface area contributed by atoms with E-state index in [4.69, 9.17) is 0 Å². The Hall–Kier alpha value is -1.20. The van der Waals surface area contributed by atoms with E-state index < -0.39 is 0 Å². The molecule has 1 N–H and O–H groups in total. The molecule has 0 aliphatic carbocycles. The highest BCUT2D eigenvalue weighted by atomic mass is 79.9. The number of thiazole rings is 1. The highest BCUT2D eigenvalue weighted by molar-refractivity contribution is 9.10. The van der Waals surface area contributed by atoms with Crippen LogP contribution in [0.5, 0.6) is 0 Å². The first-order valence-corrected chi connectivity index (χ1v) is 7.73. The van der Waals surface area contributed by atoms with Crippen molar-refractivity contribution in [2.45, 2.75) is 19.3 Å². The van der Waals surface area contributed by atoms with Crippen LogP contribution in [-0.2, 0) is 11.2 Å². The monoisotopic (exact) mass is 338 g/mol. The molecule has 1 atom stereocenters. The molecule has 0 radical (unpaired) electrons. The van der Waals surface area contributed by atoms with Crippen LogP contribution in [-0.4, -0.2) is 17.4 Å². The number of nitrogens with one attached hydrogen (secondary N) is 1. The minimum absolute atomic E-state index is 0.0431. The third-order valence-corrected chi connectivity index (χ3v) is 4.23. The summed E-state index contributed by atoms with van der Waals surface area (Å²) < 4.78 is 0.994. The lowest BCUT2D eigenvalue weighted by atomic mass is 10.1. The highest BCUT2D eigenvalue weighted by Gasteiger charge is 2.10. The number of nitrogens with zero attached hydrogens (tertiary/aromatic N) is 1. The summed E-state index contributed by atoms with van der Waals surface area (Å²) in [5, 5.41) is 5.96. The average Bonchev–Trinajstić information content (AvgIpc) is 2.90. The van der Waals surface area contributed by atoms with Gasteiger partial charge >= 0.3 is 0 Å². The lowest BCUT2D eigenvalue weighted by Crippen LogP contribution is -2.28. The third kappa shape index (κ3) is 4.44. The van der Waals surface area contributed by atoms with Gasteiger partial charge in [0.1, 0.15) is 0 Å². The van der Waals surface area contributed by atoms with Gasteiger partial charge in [0, 0.05) is 28.5 Å². The smallest absolute Gasteiger partial charge is 0.224 e. The first-order chi connectivity index (χ1) is 9.15. The molecule has 100 valence electrons. The molecular weight excluding hydrogens is 324 g/mol. The summed E-state index contributed by atoms with van der Waals surface area (Å²) >= 11 is 5.02. The Morgan fingerprint density at radius 3 is 3.05 bits per heavy atom. The summed E-state index contributed by atoms with van der Waals surface area (Å²) in [5.41, 5.74) is 1.01. The number of benzene rings is 1. The SMILES string of the molecule is C[C@H](CNC(=O)Cc1cccc(Br)c1)c1nccs1. The lowest BCUT2D eigenvalue weighted by Gasteiger charge is -2.10. The number of hydrogen-bond acceptors (Lipinski definition) is 3. The fourth-order valence-electron chi connectivity index (χ4n) is 1.73. The van der Waals surface area contributed by atoms with Crippen LogP contribution in [0.2, 0.25) is 0 Å². The minimum atomic E-state index is 0.0431. The number of rotatable bonds is 5. The normalized spacial score (nSPS) is 12.1. The minimum Gasteiger partial charge on any atom is -0.355 e. The fraction of sp³-hybridized carbons (Fsp3) is 0.286. The van der Waals surface area contributed by atoms with Crippen molar-refractivity contribution < 1.29 is 4.79 Å². The third-order valence-electron chi connectivity index (χ3n) is 2.73. The molecule has 0 aliphatic heterocycles. The van der Waals surface area contributed by atoms with Gasteiger partial charge in [-0.15, -0.1) is 11.3 Å². The summed E-state index contributed by atoms with van der Waals surface area (Å²) in [6.07, 6.45) is 2.20. The van der Waals surface area contributed by atoms with Crippen molar-refractivity contribution in [2.75, 3.05) is 6.54 Å². The fourth-order valence-corrected chi connectivity index (χ4v) is 2.87. The van der Waals surface area contributed by atoms with Crippen LogP contribution in [0, 0.1) is 0 Å². The second-order valence-corrected chi connectivity index (χ2v) is 6.22. The predicted molar refractivity (Wildman–Crippen MR) is 81.4 cm³/mol. The van der Waals surface area contributed by atoms with E-state index in [2.05, 4.69) is 33.2 Å². The van der Waals surface area contributed by atoms with Crippen LogP contribution in [0.3, 0.4) is 0 Å². The summed E-state index contributed by atoms with van der Waals surface area (Å²) in [7, 11) is 0. The zero-order chi connectivity index (χ0) is 13.7. The van der Waals surface area contributed by atoms with E-state index >= 15 is 0 Å². The van der Waals surface area contributed by atoms with Gasteiger partial charge in [-0.1, -0.05) is 35.0 Å². The van der Waals surface area contributed by atoms with Crippen molar-refractivity contribution >= 4 is 33.2 Å². The van der Waals surface area contributed by atoms with Crippen molar-refractivity contribution in [3.8, 4) is 0 Å². The van der Waals surface area contributed by atoms with Crippen molar-refractivity contribution in [3.63, 3.8) is 0 Å². The highest BCUT2D eigenvalue weighted by Crippen LogP contribution is 2.16. The molecule has 0 saturated carbocycles.